The van der Waals surface area contributed by atoms with Gasteiger partial charge in [0.05, 0.1) is 24.4 Å². The minimum Gasteiger partial charge on any atom is -0.481 e. The summed E-state index contributed by atoms with van der Waals surface area (Å²) in [4.78, 5) is 22.6. The summed E-state index contributed by atoms with van der Waals surface area (Å²) < 4.78 is 1.67. The van der Waals surface area contributed by atoms with Crippen molar-refractivity contribution in [1.82, 2.24) is 9.78 Å². The summed E-state index contributed by atoms with van der Waals surface area (Å²) in [5, 5.41) is 25.8. The van der Waals surface area contributed by atoms with Gasteiger partial charge >= 0.3 is 5.97 Å². The van der Waals surface area contributed by atoms with E-state index in [0.717, 1.165) is 25.7 Å². The Hall–Kier alpha value is -3.34. The Bertz CT molecular complexity index is 882. The van der Waals surface area contributed by atoms with E-state index in [1.54, 1.807) is 35.1 Å². The Morgan fingerprint density at radius 2 is 2.00 bits per heavy atom. The lowest BCUT2D eigenvalue weighted by Crippen LogP contribution is -2.22. The third-order valence-corrected chi connectivity index (χ3v) is 4.80. The molecule has 0 aliphatic heterocycles. The number of carbonyl (C=O) groups is 2. The van der Waals surface area contributed by atoms with Crippen LogP contribution in [0.3, 0.4) is 0 Å². The van der Waals surface area contributed by atoms with Crippen LogP contribution < -0.4 is 11.1 Å². The Balaban J connectivity index is 1.84. The first-order valence-electron chi connectivity index (χ1n) is 8.84. The molecule has 4 N–H and O–H groups in total. The van der Waals surface area contributed by atoms with Gasteiger partial charge in [0.15, 0.2) is 5.82 Å². The zero-order chi connectivity index (χ0) is 19.4. The summed E-state index contributed by atoms with van der Waals surface area (Å²) in [6.07, 6.45) is 5.24. The van der Waals surface area contributed by atoms with Crippen molar-refractivity contribution in [1.29, 1.82) is 5.26 Å². The molecule has 1 fully saturated rings. The molecule has 1 saturated carbocycles. The van der Waals surface area contributed by atoms with Crippen LogP contribution in [-0.2, 0) is 11.2 Å². The second kappa shape index (κ2) is 7.91. The molecule has 1 aromatic carbocycles. The fourth-order valence-electron chi connectivity index (χ4n) is 3.43. The SMILES string of the molecule is N#C[C@@H]1CCCC[C@@H]1n1cc(C(N)=O)c(Nc2ccc(CC(=O)O)cc2)n1. The maximum atomic E-state index is 11.8. The molecule has 1 heterocycles. The summed E-state index contributed by atoms with van der Waals surface area (Å²) in [6, 6.07) is 9.11. The zero-order valence-electron chi connectivity index (χ0n) is 14.8. The van der Waals surface area contributed by atoms with Crippen molar-refractivity contribution >= 4 is 23.4 Å². The maximum Gasteiger partial charge on any atom is 0.307 e. The van der Waals surface area contributed by atoms with Crippen LogP contribution in [0.1, 0.15) is 47.6 Å². The normalized spacial score (nSPS) is 19.2. The van der Waals surface area contributed by atoms with Gasteiger partial charge in [-0.15, -0.1) is 0 Å². The standard InChI is InChI=1S/C19H21N5O3/c20-10-13-3-1-2-4-16(13)24-11-15(18(21)27)19(23-24)22-14-7-5-12(6-8-14)9-17(25)26/h5-8,11,13,16H,1-4,9H2,(H2,21,27)(H,22,23)(H,25,26)/t13-,16-/m0/s1. The molecule has 8 heteroatoms. The van der Waals surface area contributed by atoms with Crippen LogP contribution in [0.2, 0.25) is 0 Å². The van der Waals surface area contributed by atoms with Crippen molar-refractivity contribution in [2.45, 2.75) is 38.1 Å². The molecule has 27 heavy (non-hydrogen) atoms. The molecule has 140 valence electrons. The number of aliphatic carboxylic acids is 1. The summed E-state index contributed by atoms with van der Waals surface area (Å²) in [7, 11) is 0. The van der Waals surface area contributed by atoms with Crippen LogP contribution in [0.4, 0.5) is 11.5 Å². The third-order valence-electron chi connectivity index (χ3n) is 4.80. The van der Waals surface area contributed by atoms with Gasteiger partial charge in [-0.25, -0.2) is 0 Å². The van der Waals surface area contributed by atoms with Gasteiger partial charge in [-0.1, -0.05) is 25.0 Å². The molecule has 1 amide bonds. The van der Waals surface area contributed by atoms with Gasteiger partial charge in [-0.05, 0) is 30.5 Å². The smallest absolute Gasteiger partial charge is 0.307 e. The molecule has 8 nitrogen and oxygen atoms in total. The lowest BCUT2D eigenvalue weighted by Gasteiger charge is -2.26. The molecule has 0 radical (unpaired) electrons. The van der Waals surface area contributed by atoms with E-state index in [0.29, 0.717) is 17.1 Å². The number of aromatic nitrogens is 2. The molecule has 0 spiro atoms. The lowest BCUT2D eigenvalue weighted by molar-refractivity contribution is -0.136. The predicted octanol–water partition coefficient (Wildman–Crippen LogP) is 2.61. The van der Waals surface area contributed by atoms with E-state index in [2.05, 4.69) is 16.5 Å². The van der Waals surface area contributed by atoms with Crippen molar-refractivity contribution in [2.75, 3.05) is 5.32 Å². The molecule has 3 rings (SSSR count). The molecular formula is C19H21N5O3. The molecule has 0 bridgehead atoms. The van der Waals surface area contributed by atoms with Crippen LogP contribution in [-0.4, -0.2) is 26.8 Å². The maximum absolute atomic E-state index is 11.8. The fraction of sp³-hybridized carbons (Fsp3) is 0.368. The van der Waals surface area contributed by atoms with Crippen molar-refractivity contribution in [3.8, 4) is 6.07 Å². The molecule has 1 aromatic heterocycles. The van der Waals surface area contributed by atoms with E-state index in [1.807, 2.05) is 0 Å². The first-order valence-corrected chi connectivity index (χ1v) is 8.84. The monoisotopic (exact) mass is 367 g/mol. The Morgan fingerprint density at radius 1 is 1.30 bits per heavy atom. The molecule has 0 saturated heterocycles. The summed E-state index contributed by atoms with van der Waals surface area (Å²) >= 11 is 0. The topological polar surface area (TPSA) is 134 Å². The van der Waals surface area contributed by atoms with E-state index in [4.69, 9.17) is 10.8 Å². The van der Waals surface area contributed by atoms with Gasteiger partial charge in [-0.3, -0.25) is 14.3 Å². The summed E-state index contributed by atoms with van der Waals surface area (Å²) in [6.45, 7) is 0. The van der Waals surface area contributed by atoms with Crippen LogP contribution >= 0.6 is 0 Å². The highest BCUT2D eigenvalue weighted by molar-refractivity contribution is 5.98. The average Bonchev–Trinajstić information content (AvgIpc) is 3.07. The highest BCUT2D eigenvalue weighted by Gasteiger charge is 2.28. The highest BCUT2D eigenvalue weighted by Crippen LogP contribution is 2.34. The Kier molecular flexibility index (Phi) is 5.41. The number of carboxylic acids is 1. The third kappa shape index (κ3) is 4.26. The summed E-state index contributed by atoms with van der Waals surface area (Å²) in [5.74, 6) is -1.31. The fourth-order valence-corrected chi connectivity index (χ4v) is 3.43. The van der Waals surface area contributed by atoms with E-state index in [-0.39, 0.29) is 23.9 Å². The number of hydrogen-bond donors (Lipinski definition) is 3. The minimum atomic E-state index is -0.898. The minimum absolute atomic E-state index is 0.0569. The number of amides is 1. The van der Waals surface area contributed by atoms with Crippen molar-refractivity contribution in [2.24, 2.45) is 11.7 Å². The molecule has 1 aliphatic rings. The van der Waals surface area contributed by atoms with Gasteiger partial charge in [0.25, 0.3) is 5.91 Å². The molecule has 1 aliphatic carbocycles. The predicted molar refractivity (Wildman–Crippen MR) is 98.4 cm³/mol. The highest BCUT2D eigenvalue weighted by atomic mass is 16.4. The van der Waals surface area contributed by atoms with E-state index in [9.17, 15) is 14.9 Å². The number of carbonyl (C=O) groups excluding carboxylic acids is 1. The van der Waals surface area contributed by atoms with Crippen LogP contribution in [0.25, 0.3) is 0 Å². The summed E-state index contributed by atoms with van der Waals surface area (Å²) in [5.41, 5.74) is 7.09. The zero-order valence-corrected chi connectivity index (χ0v) is 14.8. The van der Waals surface area contributed by atoms with Gasteiger partial charge in [0.1, 0.15) is 5.56 Å². The lowest BCUT2D eigenvalue weighted by atomic mass is 9.85. The van der Waals surface area contributed by atoms with Crippen molar-refractivity contribution in [3.05, 3.63) is 41.6 Å². The number of nitrogens with one attached hydrogen (secondary N) is 1. The first kappa shape index (κ1) is 18.5. The van der Waals surface area contributed by atoms with Crippen LogP contribution in [0.15, 0.2) is 30.5 Å². The second-order valence-corrected chi connectivity index (χ2v) is 6.72. The van der Waals surface area contributed by atoms with Crippen molar-refractivity contribution < 1.29 is 14.7 Å². The van der Waals surface area contributed by atoms with Crippen LogP contribution in [0, 0.1) is 17.2 Å². The quantitative estimate of drug-likeness (QED) is 0.718. The van der Waals surface area contributed by atoms with Crippen molar-refractivity contribution in [3.63, 3.8) is 0 Å². The van der Waals surface area contributed by atoms with Crippen LogP contribution in [0.5, 0.6) is 0 Å². The van der Waals surface area contributed by atoms with Gasteiger partial charge < -0.3 is 16.2 Å². The second-order valence-electron chi connectivity index (χ2n) is 6.72. The Morgan fingerprint density at radius 3 is 2.63 bits per heavy atom. The average molecular weight is 367 g/mol. The number of anilines is 2. The number of carboxylic acid groups (broad SMARTS) is 1. The Labute approximate surface area is 156 Å². The number of nitriles is 1. The van der Waals surface area contributed by atoms with E-state index < -0.39 is 11.9 Å². The molecule has 2 aromatic rings. The number of nitrogens with zero attached hydrogens (tertiary/aromatic N) is 3. The number of rotatable bonds is 6. The van der Waals surface area contributed by atoms with E-state index >= 15 is 0 Å². The molecule has 0 unspecified atom stereocenters. The number of hydrogen-bond acceptors (Lipinski definition) is 5. The van der Waals surface area contributed by atoms with Gasteiger partial charge in [-0.2, -0.15) is 10.4 Å². The number of primary amides is 1. The first-order chi connectivity index (χ1) is 13.0. The van der Waals surface area contributed by atoms with Gasteiger partial charge in [0.2, 0.25) is 0 Å². The number of nitrogens with two attached hydrogens (primary N) is 1. The largest absolute Gasteiger partial charge is 0.481 e. The van der Waals surface area contributed by atoms with E-state index in [1.165, 1.54) is 0 Å². The number of benzene rings is 1. The molecule has 2 atom stereocenters. The van der Waals surface area contributed by atoms with Gasteiger partial charge in [0, 0.05) is 11.9 Å². The molecular weight excluding hydrogens is 346 g/mol.